The molecule has 12 heavy (non-hydrogen) atoms. The Kier molecular flexibility index (Phi) is 2.70. The van der Waals surface area contributed by atoms with E-state index in [0.29, 0.717) is 6.61 Å². The number of nitrogens with zero attached hydrogens (tertiary/aromatic N) is 2. The summed E-state index contributed by atoms with van der Waals surface area (Å²) in [7, 11) is 1.67. The molecule has 1 aromatic rings. The Labute approximate surface area is 72.3 Å². The number of nitrogens with two attached hydrogens (primary N) is 1. The highest BCUT2D eigenvalue weighted by atomic mass is 16.5. The van der Waals surface area contributed by atoms with Crippen LogP contribution >= 0.6 is 0 Å². The standard InChI is InChI=1S/C8H15N3O/c1-6-4-10-11(8(6)9)7(2)5-12-3/h4,7H,5,9H2,1-3H3. The predicted molar refractivity (Wildman–Crippen MR) is 48.0 cm³/mol. The van der Waals surface area contributed by atoms with E-state index in [1.807, 2.05) is 13.8 Å². The van der Waals surface area contributed by atoms with Crippen LogP contribution < -0.4 is 5.73 Å². The number of aromatic nitrogens is 2. The van der Waals surface area contributed by atoms with Crippen molar-refractivity contribution in [2.45, 2.75) is 19.9 Å². The highest BCUT2D eigenvalue weighted by molar-refractivity contribution is 5.37. The second kappa shape index (κ2) is 3.58. The molecule has 0 aromatic carbocycles. The molecule has 0 radical (unpaired) electrons. The van der Waals surface area contributed by atoms with Crippen LogP contribution in [0.5, 0.6) is 0 Å². The molecule has 0 fully saturated rings. The monoisotopic (exact) mass is 169 g/mol. The van der Waals surface area contributed by atoms with Crippen molar-refractivity contribution in [3.8, 4) is 0 Å². The van der Waals surface area contributed by atoms with E-state index in [2.05, 4.69) is 5.10 Å². The van der Waals surface area contributed by atoms with Crippen LogP contribution in [-0.4, -0.2) is 23.5 Å². The average Bonchev–Trinajstić information content (AvgIpc) is 2.34. The molecule has 1 atom stereocenters. The van der Waals surface area contributed by atoms with Crippen molar-refractivity contribution in [3.63, 3.8) is 0 Å². The average molecular weight is 169 g/mol. The quantitative estimate of drug-likeness (QED) is 0.733. The number of methoxy groups -OCH3 is 1. The lowest BCUT2D eigenvalue weighted by molar-refractivity contribution is 0.158. The zero-order chi connectivity index (χ0) is 9.14. The van der Waals surface area contributed by atoms with Gasteiger partial charge in [-0.3, -0.25) is 0 Å². The first kappa shape index (κ1) is 9.06. The first-order valence-electron chi connectivity index (χ1n) is 3.95. The third-order valence-corrected chi connectivity index (χ3v) is 1.85. The van der Waals surface area contributed by atoms with Gasteiger partial charge in [-0.1, -0.05) is 0 Å². The van der Waals surface area contributed by atoms with Crippen LogP contribution in [0.25, 0.3) is 0 Å². The fraction of sp³-hybridized carbons (Fsp3) is 0.625. The fourth-order valence-electron chi connectivity index (χ4n) is 1.12. The summed E-state index contributed by atoms with van der Waals surface area (Å²) in [5.41, 5.74) is 6.79. The summed E-state index contributed by atoms with van der Waals surface area (Å²) in [5.74, 6) is 0.722. The Hall–Kier alpha value is -1.03. The smallest absolute Gasteiger partial charge is 0.125 e. The normalized spacial score (nSPS) is 13.2. The molecule has 1 aromatic heterocycles. The van der Waals surface area contributed by atoms with E-state index in [1.165, 1.54) is 0 Å². The molecule has 1 rings (SSSR count). The van der Waals surface area contributed by atoms with Crippen molar-refractivity contribution in [3.05, 3.63) is 11.8 Å². The molecule has 0 aliphatic heterocycles. The molecule has 0 aliphatic carbocycles. The number of hydrogen-bond donors (Lipinski definition) is 1. The molecule has 0 bridgehead atoms. The van der Waals surface area contributed by atoms with Gasteiger partial charge in [0.05, 0.1) is 18.8 Å². The van der Waals surface area contributed by atoms with E-state index in [0.717, 1.165) is 11.4 Å². The summed E-state index contributed by atoms with van der Waals surface area (Å²) in [4.78, 5) is 0. The predicted octanol–water partition coefficient (Wildman–Crippen LogP) is 0.981. The number of nitrogen functional groups attached to an aromatic ring is 1. The molecular formula is C8H15N3O. The van der Waals surface area contributed by atoms with Crippen molar-refractivity contribution in [2.24, 2.45) is 0 Å². The van der Waals surface area contributed by atoms with Crippen molar-refractivity contribution < 1.29 is 4.74 Å². The van der Waals surface area contributed by atoms with E-state index in [-0.39, 0.29) is 6.04 Å². The lowest BCUT2D eigenvalue weighted by Gasteiger charge is -2.12. The van der Waals surface area contributed by atoms with Crippen LogP contribution in [0.15, 0.2) is 6.20 Å². The van der Waals surface area contributed by atoms with Gasteiger partial charge in [-0.2, -0.15) is 5.10 Å². The van der Waals surface area contributed by atoms with Crippen LogP contribution in [-0.2, 0) is 4.74 Å². The third kappa shape index (κ3) is 1.58. The molecular weight excluding hydrogens is 154 g/mol. The Morgan fingerprint density at radius 2 is 2.42 bits per heavy atom. The van der Waals surface area contributed by atoms with Gasteiger partial charge in [0.1, 0.15) is 5.82 Å². The minimum absolute atomic E-state index is 0.198. The third-order valence-electron chi connectivity index (χ3n) is 1.85. The Bertz CT molecular complexity index is 257. The minimum atomic E-state index is 0.198. The van der Waals surface area contributed by atoms with Gasteiger partial charge in [-0.05, 0) is 13.8 Å². The van der Waals surface area contributed by atoms with Gasteiger partial charge < -0.3 is 10.5 Å². The Morgan fingerprint density at radius 1 is 1.75 bits per heavy atom. The molecule has 1 heterocycles. The summed E-state index contributed by atoms with van der Waals surface area (Å²) in [6.07, 6.45) is 1.77. The summed E-state index contributed by atoms with van der Waals surface area (Å²) in [5, 5.41) is 4.15. The second-order valence-electron chi connectivity index (χ2n) is 2.96. The minimum Gasteiger partial charge on any atom is -0.384 e. The number of hydrogen-bond acceptors (Lipinski definition) is 3. The van der Waals surface area contributed by atoms with Crippen LogP contribution in [0.1, 0.15) is 18.5 Å². The maximum absolute atomic E-state index is 5.78. The number of anilines is 1. The second-order valence-corrected chi connectivity index (χ2v) is 2.96. The molecule has 0 spiro atoms. The van der Waals surface area contributed by atoms with E-state index in [1.54, 1.807) is 18.0 Å². The van der Waals surface area contributed by atoms with Crippen molar-refractivity contribution in [1.82, 2.24) is 9.78 Å². The first-order chi connectivity index (χ1) is 5.66. The number of aryl methyl sites for hydroxylation is 1. The maximum Gasteiger partial charge on any atom is 0.125 e. The molecule has 0 saturated heterocycles. The van der Waals surface area contributed by atoms with E-state index >= 15 is 0 Å². The topological polar surface area (TPSA) is 53.1 Å². The van der Waals surface area contributed by atoms with E-state index < -0.39 is 0 Å². The summed E-state index contributed by atoms with van der Waals surface area (Å²) < 4.78 is 6.78. The van der Waals surface area contributed by atoms with Gasteiger partial charge in [0.25, 0.3) is 0 Å². The highest BCUT2D eigenvalue weighted by Crippen LogP contribution is 2.14. The van der Waals surface area contributed by atoms with Gasteiger partial charge in [0.15, 0.2) is 0 Å². The van der Waals surface area contributed by atoms with Crippen molar-refractivity contribution >= 4 is 5.82 Å². The molecule has 0 aliphatic rings. The van der Waals surface area contributed by atoms with Gasteiger partial charge >= 0.3 is 0 Å². The highest BCUT2D eigenvalue weighted by Gasteiger charge is 2.09. The van der Waals surface area contributed by atoms with Crippen LogP contribution in [0.2, 0.25) is 0 Å². The number of rotatable bonds is 3. The van der Waals surface area contributed by atoms with Crippen LogP contribution in [0.3, 0.4) is 0 Å². The molecule has 4 nitrogen and oxygen atoms in total. The lowest BCUT2D eigenvalue weighted by Crippen LogP contribution is -2.14. The molecule has 1 unspecified atom stereocenters. The van der Waals surface area contributed by atoms with E-state index in [9.17, 15) is 0 Å². The van der Waals surface area contributed by atoms with Gasteiger partial charge in [0, 0.05) is 12.7 Å². The zero-order valence-electron chi connectivity index (χ0n) is 7.74. The maximum atomic E-state index is 5.78. The van der Waals surface area contributed by atoms with Crippen LogP contribution in [0.4, 0.5) is 5.82 Å². The molecule has 68 valence electrons. The van der Waals surface area contributed by atoms with Gasteiger partial charge in [0.2, 0.25) is 0 Å². The van der Waals surface area contributed by atoms with Crippen LogP contribution in [0, 0.1) is 6.92 Å². The van der Waals surface area contributed by atoms with Gasteiger partial charge in [-0.25, -0.2) is 4.68 Å². The molecule has 0 saturated carbocycles. The molecule has 4 heteroatoms. The van der Waals surface area contributed by atoms with E-state index in [4.69, 9.17) is 10.5 Å². The number of ether oxygens (including phenoxy) is 1. The molecule has 0 amide bonds. The first-order valence-corrected chi connectivity index (χ1v) is 3.95. The van der Waals surface area contributed by atoms with Crippen molar-refractivity contribution in [2.75, 3.05) is 19.5 Å². The summed E-state index contributed by atoms with van der Waals surface area (Å²) in [6.45, 7) is 4.59. The molecule has 2 N–H and O–H groups in total. The fourth-order valence-corrected chi connectivity index (χ4v) is 1.12. The van der Waals surface area contributed by atoms with Gasteiger partial charge in [-0.15, -0.1) is 0 Å². The Morgan fingerprint density at radius 3 is 2.83 bits per heavy atom. The Balaban J connectivity index is 2.80. The largest absolute Gasteiger partial charge is 0.384 e. The zero-order valence-corrected chi connectivity index (χ0v) is 7.74. The lowest BCUT2D eigenvalue weighted by atomic mass is 10.3. The SMILES string of the molecule is COCC(C)n1ncc(C)c1N. The summed E-state index contributed by atoms with van der Waals surface area (Å²) >= 11 is 0. The summed E-state index contributed by atoms with van der Waals surface area (Å²) in [6, 6.07) is 0.198. The van der Waals surface area contributed by atoms with Crippen molar-refractivity contribution in [1.29, 1.82) is 0 Å².